The maximum absolute atomic E-state index is 15.9. The van der Waals surface area contributed by atoms with Gasteiger partial charge in [0.15, 0.2) is 11.9 Å². The zero-order chi connectivity index (χ0) is 40.8. The summed E-state index contributed by atoms with van der Waals surface area (Å²) in [4.78, 5) is 18.1. The van der Waals surface area contributed by atoms with Crippen molar-refractivity contribution in [3.63, 3.8) is 0 Å². The molecule has 4 aromatic rings. The van der Waals surface area contributed by atoms with Crippen LogP contribution < -0.4 is 0 Å². The number of furan rings is 1. The van der Waals surface area contributed by atoms with Crippen molar-refractivity contribution in [2.75, 3.05) is 26.4 Å². The van der Waals surface area contributed by atoms with Crippen LogP contribution in [-0.4, -0.2) is 64.0 Å². The van der Waals surface area contributed by atoms with Gasteiger partial charge in [0, 0.05) is 28.0 Å². The van der Waals surface area contributed by atoms with Crippen molar-refractivity contribution in [2.45, 2.75) is 42.5 Å². The number of nitrogens with zero attached hydrogens (tertiary/aromatic N) is 4. The van der Waals surface area contributed by atoms with Crippen LogP contribution >= 0.6 is 19.6 Å². The highest BCUT2D eigenvalue weighted by Crippen LogP contribution is 2.50. The number of carbonyl (C=O) groups excluding carboxylic acids is 1. The molecule has 0 saturated carbocycles. The van der Waals surface area contributed by atoms with Crippen LogP contribution in [0.2, 0.25) is 0 Å². The molecule has 2 aromatic carbocycles. The molecule has 1 aliphatic rings. The molecule has 1 fully saturated rings. The van der Waals surface area contributed by atoms with E-state index in [4.69, 9.17) is 37.5 Å². The summed E-state index contributed by atoms with van der Waals surface area (Å²) in [5.41, 5.74) is -1.56. The Morgan fingerprint density at radius 1 is 1.09 bits per heavy atom. The van der Waals surface area contributed by atoms with Crippen molar-refractivity contribution in [1.82, 2.24) is 14.8 Å². The Labute approximate surface area is 331 Å². The summed E-state index contributed by atoms with van der Waals surface area (Å²) >= 11 is 1.28. The van der Waals surface area contributed by atoms with Crippen LogP contribution in [0.1, 0.15) is 39.5 Å². The van der Waals surface area contributed by atoms with Gasteiger partial charge in [-0.3, -0.25) is 13.6 Å². The van der Waals surface area contributed by atoms with Crippen molar-refractivity contribution in [1.29, 1.82) is 5.26 Å². The second-order valence-corrected chi connectivity index (χ2v) is 15.5. The number of aromatic nitrogens is 3. The van der Waals surface area contributed by atoms with Gasteiger partial charge in [0.25, 0.3) is 0 Å². The summed E-state index contributed by atoms with van der Waals surface area (Å²) in [6, 6.07) is 8.98. The van der Waals surface area contributed by atoms with E-state index in [2.05, 4.69) is 23.2 Å². The fourth-order valence-corrected chi connectivity index (χ4v) is 7.97. The first kappa shape index (κ1) is 43.1. The highest BCUT2D eigenvalue weighted by atomic mass is 32.2. The number of halogens is 3. The Morgan fingerprint density at radius 3 is 2.49 bits per heavy atom. The number of allylic oxidation sites excluding steroid dienone is 2. The fraction of sp³-hybridized carbons (Fsp3) is 0.282. The van der Waals surface area contributed by atoms with Crippen molar-refractivity contribution in [2.24, 2.45) is 0 Å². The van der Waals surface area contributed by atoms with Crippen molar-refractivity contribution >= 4 is 31.6 Å². The third-order valence-corrected chi connectivity index (χ3v) is 11.1. The molecular formula is C39H38F3N4O9PS. The van der Waals surface area contributed by atoms with Crippen LogP contribution in [0.15, 0.2) is 110 Å². The largest absolute Gasteiger partial charge is 0.475 e. The van der Waals surface area contributed by atoms with E-state index in [0.29, 0.717) is 11.6 Å². The molecular weight excluding hydrogens is 788 g/mol. The van der Waals surface area contributed by atoms with E-state index in [1.54, 1.807) is 25.2 Å². The van der Waals surface area contributed by atoms with Crippen LogP contribution in [0.25, 0.3) is 6.08 Å². The maximum atomic E-state index is 15.9. The van der Waals surface area contributed by atoms with E-state index >= 15 is 4.39 Å². The molecule has 0 unspecified atom stereocenters. The maximum Gasteiger partial charge on any atom is 0.475 e. The lowest BCUT2D eigenvalue weighted by atomic mass is 9.89. The topological polar surface area (TPSA) is 157 Å². The number of phosphoric ester groups is 1. The van der Waals surface area contributed by atoms with E-state index in [9.17, 15) is 18.1 Å². The summed E-state index contributed by atoms with van der Waals surface area (Å²) in [6.07, 6.45) is 13.3. The molecule has 2 atom stereocenters. The zero-order valence-corrected chi connectivity index (χ0v) is 32.3. The molecule has 57 heavy (non-hydrogen) atoms. The van der Waals surface area contributed by atoms with Gasteiger partial charge in [0.2, 0.25) is 0 Å². The van der Waals surface area contributed by atoms with Gasteiger partial charge in [-0.2, -0.15) is 10.4 Å². The summed E-state index contributed by atoms with van der Waals surface area (Å²) < 4.78 is 98.3. The Balaban J connectivity index is 1.36. The molecule has 1 saturated heterocycles. The smallest absolute Gasteiger partial charge is 0.471 e. The lowest BCUT2D eigenvalue weighted by Crippen LogP contribution is -2.47. The van der Waals surface area contributed by atoms with Gasteiger partial charge in [0.05, 0.1) is 62.7 Å². The quantitative estimate of drug-likeness (QED) is 0.0365. The third kappa shape index (κ3) is 11.5. The number of phosphoric acid groups is 1. The van der Waals surface area contributed by atoms with Crippen molar-refractivity contribution in [3.05, 3.63) is 150 Å². The minimum Gasteiger partial charge on any atom is -0.471 e. The first-order chi connectivity index (χ1) is 27.5. The number of benzene rings is 2. The Hall–Kier alpha value is -5.05. The normalized spacial score (nSPS) is 17.6. The van der Waals surface area contributed by atoms with Crippen LogP contribution in [0.3, 0.4) is 0 Å². The number of esters is 1. The van der Waals surface area contributed by atoms with Gasteiger partial charge in [-0.1, -0.05) is 36.4 Å². The predicted octanol–water partition coefficient (Wildman–Crippen LogP) is 8.08. The van der Waals surface area contributed by atoms with Gasteiger partial charge in [-0.15, -0.1) is 24.9 Å². The van der Waals surface area contributed by atoms with Gasteiger partial charge in [-0.05, 0) is 37.3 Å². The van der Waals surface area contributed by atoms with Crippen LogP contribution in [-0.2, 0) is 51.1 Å². The van der Waals surface area contributed by atoms with Gasteiger partial charge in [-0.25, -0.2) is 32.2 Å². The van der Waals surface area contributed by atoms with Crippen LogP contribution in [0.4, 0.5) is 13.2 Å². The molecule has 3 heterocycles. The number of carbonyl (C=O) groups is 1. The third-order valence-electron chi connectivity index (χ3n) is 8.30. The minimum absolute atomic E-state index is 0.101. The number of nitriles is 1. The highest BCUT2D eigenvalue weighted by molar-refractivity contribution is 8.00. The Bertz CT molecular complexity index is 2140. The van der Waals surface area contributed by atoms with Gasteiger partial charge >= 0.3 is 13.8 Å². The standard InChI is InChI=1S/C39H38F3N4O9PS/c1-4-14-52-56(48,53-15-5-2)54-20-30-19-49-23-33(30)38(47)55-39(24-46-26-44-25-45-46,34-13-12-31(40)17-36(34)42)27(3)57-32-21-50-37(51-22-32)9-7-6-8-29-11-10-28(18-43)16-35(29)41/h4-13,16-17,19,23,25-27,32,37H,1-2,14-15,20-22,24H2,3H3/t27-,32-,37-,39-/m1/s1. The van der Waals surface area contributed by atoms with E-state index in [1.165, 1.54) is 71.8 Å². The molecule has 0 bridgehead atoms. The predicted molar refractivity (Wildman–Crippen MR) is 203 cm³/mol. The lowest BCUT2D eigenvalue weighted by Gasteiger charge is -2.40. The Kier molecular flexibility index (Phi) is 15.4. The molecule has 0 amide bonds. The van der Waals surface area contributed by atoms with Crippen molar-refractivity contribution in [3.8, 4) is 6.07 Å². The second kappa shape index (κ2) is 20.4. The zero-order valence-electron chi connectivity index (χ0n) is 30.6. The second-order valence-electron chi connectivity index (χ2n) is 12.2. The molecule has 5 rings (SSSR count). The average molecular weight is 827 g/mol. The highest BCUT2D eigenvalue weighted by Gasteiger charge is 2.47. The lowest BCUT2D eigenvalue weighted by molar-refractivity contribution is -0.146. The van der Waals surface area contributed by atoms with Gasteiger partial charge in [0.1, 0.15) is 41.9 Å². The summed E-state index contributed by atoms with van der Waals surface area (Å²) in [7, 11) is -4.15. The fourth-order valence-electron chi connectivity index (χ4n) is 5.51. The average Bonchev–Trinajstić information content (AvgIpc) is 3.91. The number of ether oxygens (including phenoxy) is 3. The van der Waals surface area contributed by atoms with Gasteiger partial charge < -0.3 is 18.6 Å². The van der Waals surface area contributed by atoms with E-state index in [0.717, 1.165) is 18.4 Å². The van der Waals surface area contributed by atoms with Crippen LogP contribution in [0.5, 0.6) is 0 Å². The first-order valence-electron chi connectivity index (χ1n) is 17.2. The molecule has 13 nitrogen and oxygen atoms in total. The van der Waals surface area contributed by atoms with E-state index < -0.39 is 55.0 Å². The molecule has 300 valence electrons. The number of hydrogen-bond acceptors (Lipinski definition) is 13. The number of thioether (sulfide) groups is 1. The molecule has 0 radical (unpaired) electrons. The SMILES string of the molecule is C=CCOP(=O)(OCC=C)OCc1cocc1C(=O)O[C@@](Cn1cncn1)(c1ccc(F)cc1F)[C@@H](C)S[C@H]1CO[C@H](C=CC=Cc2ccc(C#N)cc2F)OC1. The molecule has 1 aliphatic heterocycles. The molecule has 0 spiro atoms. The summed E-state index contributed by atoms with van der Waals surface area (Å²) in [5, 5.41) is 12.0. The summed E-state index contributed by atoms with van der Waals surface area (Å²) in [5.74, 6) is -3.35. The monoisotopic (exact) mass is 826 g/mol. The minimum atomic E-state index is -4.15. The number of rotatable bonds is 20. The van der Waals surface area contributed by atoms with Crippen LogP contribution in [0, 0.1) is 28.8 Å². The molecule has 2 aromatic heterocycles. The molecule has 0 aliphatic carbocycles. The first-order valence-corrected chi connectivity index (χ1v) is 19.6. The number of hydrogen-bond donors (Lipinski definition) is 0. The van der Waals surface area contributed by atoms with E-state index in [-0.39, 0.29) is 60.5 Å². The summed E-state index contributed by atoms with van der Waals surface area (Å²) in [6.45, 7) is 8.03. The van der Waals surface area contributed by atoms with E-state index in [1.807, 2.05) is 6.07 Å². The molecule has 0 N–H and O–H groups in total. The van der Waals surface area contributed by atoms with Crippen molar-refractivity contribution < 1.29 is 54.7 Å². The Morgan fingerprint density at radius 2 is 1.84 bits per heavy atom. The molecule has 18 heteroatoms.